The van der Waals surface area contributed by atoms with Crippen LogP contribution in [0.2, 0.25) is 0 Å². The molecule has 0 fully saturated rings. The van der Waals surface area contributed by atoms with Gasteiger partial charge in [-0.05, 0) is 22.6 Å². The highest BCUT2D eigenvalue weighted by Crippen LogP contribution is 2.09. The van der Waals surface area contributed by atoms with Crippen LogP contribution in [0.1, 0.15) is 0 Å². The number of halogens is 3. The van der Waals surface area contributed by atoms with Gasteiger partial charge in [-0.15, -0.1) is 0 Å². The molecule has 0 saturated heterocycles. The SMILES string of the molecule is NCCN(CC(F)F)c1ncc(I)cn1. The van der Waals surface area contributed by atoms with Gasteiger partial charge in [0.25, 0.3) is 6.43 Å². The molecule has 0 aliphatic carbocycles. The van der Waals surface area contributed by atoms with E-state index >= 15 is 0 Å². The number of hydrogen-bond acceptors (Lipinski definition) is 4. The first kappa shape index (κ1) is 12.5. The van der Waals surface area contributed by atoms with Crippen molar-refractivity contribution in [3.8, 4) is 0 Å². The molecule has 0 unspecified atom stereocenters. The van der Waals surface area contributed by atoms with Gasteiger partial charge in [-0.3, -0.25) is 0 Å². The van der Waals surface area contributed by atoms with E-state index in [0.29, 0.717) is 19.0 Å². The molecule has 7 heteroatoms. The molecule has 1 rings (SSSR count). The second-order valence-corrected chi connectivity index (χ2v) is 4.07. The molecule has 0 atom stereocenters. The summed E-state index contributed by atoms with van der Waals surface area (Å²) < 4.78 is 25.3. The molecule has 0 bridgehead atoms. The molecule has 0 aromatic carbocycles. The van der Waals surface area contributed by atoms with E-state index in [1.807, 2.05) is 0 Å². The maximum Gasteiger partial charge on any atom is 0.255 e. The van der Waals surface area contributed by atoms with Gasteiger partial charge in [0.1, 0.15) is 0 Å². The summed E-state index contributed by atoms with van der Waals surface area (Å²) >= 11 is 2.05. The van der Waals surface area contributed by atoms with Gasteiger partial charge in [-0.25, -0.2) is 18.7 Å². The van der Waals surface area contributed by atoms with Gasteiger partial charge in [-0.1, -0.05) is 0 Å². The molecule has 0 spiro atoms. The molecule has 1 heterocycles. The lowest BCUT2D eigenvalue weighted by Gasteiger charge is -2.20. The third kappa shape index (κ3) is 4.20. The number of hydrogen-bond donors (Lipinski definition) is 1. The van der Waals surface area contributed by atoms with Gasteiger partial charge in [0, 0.05) is 29.1 Å². The molecule has 2 N–H and O–H groups in total. The Bertz CT molecular complexity index is 293. The van der Waals surface area contributed by atoms with Gasteiger partial charge < -0.3 is 10.6 Å². The lowest BCUT2D eigenvalue weighted by atomic mass is 10.5. The van der Waals surface area contributed by atoms with Crippen LogP contribution in [0.15, 0.2) is 12.4 Å². The molecule has 1 aromatic rings. The topological polar surface area (TPSA) is 55.0 Å². The molecule has 0 aliphatic rings. The molecule has 15 heavy (non-hydrogen) atoms. The van der Waals surface area contributed by atoms with Crippen molar-refractivity contribution in [3.63, 3.8) is 0 Å². The van der Waals surface area contributed by atoms with Crippen LogP contribution in [0.25, 0.3) is 0 Å². The minimum Gasteiger partial charge on any atom is -0.334 e. The minimum absolute atomic E-state index is 0.293. The van der Waals surface area contributed by atoms with Gasteiger partial charge in [0.2, 0.25) is 5.95 Å². The van der Waals surface area contributed by atoms with Gasteiger partial charge >= 0.3 is 0 Å². The van der Waals surface area contributed by atoms with E-state index in [0.717, 1.165) is 3.57 Å². The van der Waals surface area contributed by atoms with Crippen LogP contribution in [0, 0.1) is 3.57 Å². The van der Waals surface area contributed by atoms with E-state index in [9.17, 15) is 8.78 Å². The summed E-state index contributed by atoms with van der Waals surface area (Å²) in [6, 6.07) is 0. The van der Waals surface area contributed by atoms with Crippen LogP contribution >= 0.6 is 22.6 Å². The van der Waals surface area contributed by atoms with Gasteiger partial charge in [-0.2, -0.15) is 0 Å². The van der Waals surface area contributed by atoms with Crippen molar-refractivity contribution in [1.29, 1.82) is 0 Å². The fourth-order valence-corrected chi connectivity index (χ4v) is 1.34. The highest BCUT2D eigenvalue weighted by Gasteiger charge is 2.14. The lowest BCUT2D eigenvalue weighted by Crippen LogP contribution is -2.34. The average Bonchev–Trinajstić information content (AvgIpc) is 2.17. The Hall–Kier alpha value is -0.570. The molecule has 4 nitrogen and oxygen atoms in total. The molecule has 1 aromatic heterocycles. The number of anilines is 1. The fourth-order valence-electron chi connectivity index (χ4n) is 1.06. The van der Waals surface area contributed by atoms with E-state index in [1.165, 1.54) is 4.90 Å². The number of rotatable bonds is 5. The van der Waals surface area contributed by atoms with Crippen molar-refractivity contribution >= 4 is 28.5 Å². The van der Waals surface area contributed by atoms with E-state index in [4.69, 9.17) is 5.73 Å². The first-order valence-corrected chi connectivity index (χ1v) is 5.42. The van der Waals surface area contributed by atoms with Crippen molar-refractivity contribution < 1.29 is 8.78 Å². The van der Waals surface area contributed by atoms with Crippen LogP contribution in [0.5, 0.6) is 0 Å². The highest BCUT2D eigenvalue weighted by atomic mass is 127. The van der Waals surface area contributed by atoms with E-state index in [1.54, 1.807) is 12.4 Å². The van der Waals surface area contributed by atoms with Gasteiger partial charge in [0.15, 0.2) is 0 Å². The Balaban J connectivity index is 2.74. The first-order chi connectivity index (χ1) is 7.13. The number of alkyl halides is 2. The van der Waals surface area contributed by atoms with Gasteiger partial charge in [0.05, 0.1) is 6.54 Å². The Morgan fingerprint density at radius 3 is 2.47 bits per heavy atom. The summed E-state index contributed by atoms with van der Waals surface area (Å²) in [7, 11) is 0. The monoisotopic (exact) mass is 328 g/mol. The molecule has 84 valence electrons. The predicted molar refractivity (Wildman–Crippen MR) is 62.0 cm³/mol. The summed E-state index contributed by atoms with van der Waals surface area (Å²) in [6.07, 6.45) is 0.745. The van der Waals surface area contributed by atoms with Crippen molar-refractivity contribution in [2.24, 2.45) is 5.73 Å². The standard InChI is InChI=1S/C8H11F2IN4/c9-7(10)5-15(2-1-12)8-13-3-6(11)4-14-8/h3-4,7H,1-2,5,12H2. The molecule has 0 aliphatic heterocycles. The van der Waals surface area contributed by atoms with Crippen molar-refractivity contribution in [2.75, 3.05) is 24.5 Å². The normalized spacial score (nSPS) is 10.7. The van der Waals surface area contributed by atoms with Crippen LogP contribution in [-0.2, 0) is 0 Å². The smallest absolute Gasteiger partial charge is 0.255 e. The first-order valence-electron chi connectivity index (χ1n) is 4.34. The van der Waals surface area contributed by atoms with Crippen LogP contribution in [0.4, 0.5) is 14.7 Å². The zero-order valence-corrected chi connectivity index (χ0v) is 10.1. The lowest BCUT2D eigenvalue weighted by molar-refractivity contribution is 0.154. The number of nitrogens with zero attached hydrogens (tertiary/aromatic N) is 3. The Kier molecular flexibility index (Phi) is 5.09. The highest BCUT2D eigenvalue weighted by molar-refractivity contribution is 14.1. The zero-order valence-electron chi connectivity index (χ0n) is 7.91. The second-order valence-electron chi connectivity index (χ2n) is 2.83. The maximum atomic E-state index is 12.2. The summed E-state index contributed by atoms with van der Waals surface area (Å²) in [5.74, 6) is 0.293. The maximum absolute atomic E-state index is 12.2. The van der Waals surface area contributed by atoms with Crippen molar-refractivity contribution in [1.82, 2.24) is 9.97 Å². The van der Waals surface area contributed by atoms with Crippen LogP contribution < -0.4 is 10.6 Å². The van der Waals surface area contributed by atoms with Crippen LogP contribution in [0.3, 0.4) is 0 Å². The Morgan fingerprint density at radius 1 is 1.40 bits per heavy atom. The third-order valence-electron chi connectivity index (χ3n) is 1.65. The Morgan fingerprint density at radius 2 is 2.00 bits per heavy atom. The molecular formula is C8H11F2IN4. The summed E-state index contributed by atoms with van der Waals surface area (Å²) in [4.78, 5) is 9.31. The molecule has 0 saturated carbocycles. The molecular weight excluding hydrogens is 317 g/mol. The Labute approximate surface area is 100 Å². The predicted octanol–water partition coefficient (Wildman–Crippen LogP) is 1.11. The third-order valence-corrected chi connectivity index (χ3v) is 2.20. The summed E-state index contributed by atoms with van der Waals surface area (Å²) in [5.41, 5.74) is 5.33. The van der Waals surface area contributed by atoms with E-state index in [2.05, 4.69) is 32.6 Å². The largest absolute Gasteiger partial charge is 0.334 e. The van der Waals surface area contributed by atoms with E-state index in [-0.39, 0.29) is 0 Å². The average molecular weight is 328 g/mol. The van der Waals surface area contributed by atoms with Crippen LogP contribution in [-0.4, -0.2) is 36.0 Å². The zero-order chi connectivity index (χ0) is 11.3. The number of aromatic nitrogens is 2. The summed E-state index contributed by atoms with van der Waals surface area (Å²) in [5, 5.41) is 0. The second kappa shape index (κ2) is 6.11. The van der Waals surface area contributed by atoms with Crippen molar-refractivity contribution in [3.05, 3.63) is 16.0 Å². The van der Waals surface area contributed by atoms with E-state index < -0.39 is 13.0 Å². The minimum atomic E-state index is -2.42. The van der Waals surface area contributed by atoms with Crippen molar-refractivity contribution in [2.45, 2.75) is 6.43 Å². The summed E-state index contributed by atoms with van der Waals surface area (Å²) in [6.45, 7) is 0.227. The quantitative estimate of drug-likeness (QED) is 0.823. The fraction of sp³-hybridized carbons (Fsp3) is 0.500. The molecule has 0 radical (unpaired) electrons. The molecule has 0 amide bonds. The number of nitrogens with two attached hydrogens (primary N) is 1.